The maximum Gasteiger partial charge on any atom is 0.435 e. The number of carbonyl (C=O) groups excluding carboxylic acids is 1. The van der Waals surface area contributed by atoms with Crippen LogP contribution in [0.4, 0.5) is 18.9 Å². The van der Waals surface area contributed by atoms with Gasteiger partial charge in [-0.05, 0) is 23.8 Å². The van der Waals surface area contributed by atoms with Gasteiger partial charge in [0, 0.05) is 24.5 Å². The van der Waals surface area contributed by atoms with Crippen LogP contribution in [0.3, 0.4) is 0 Å². The second-order valence-corrected chi connectivity index (χ2v) is 7.04. The van der Waals surface area contributed by atoms with Crippen molar-refractivity contribution in [3.63, 3.8) is 0 Å². The van der Waals surface area contributed by atoms with E-state index < -0.39 is 17.8 Å². The monoisotopic (exact) mass is 443 g/mol. The van der Waals surface area contributed by atoms with Crippen molar-refractivity contribution in [3.8, 4) is 11.5 Å². The first-order chi connectivity index (χ1) is 15.4. The first-order valence-corrected chi connectivity index (χ1v) is 9.92. The minimum Gasteiger partial charge on any atom is -0.486 e. The van der Waals surface area contributed by atoms with Gasteiger partial charge in [0.15, 0.2) is 17.2 Å². The van der Waals surface area contributed by atoms with Crippen LogP contribution in [0.15, 0.2) is 66.9 Å². The second-order valence-electron chi connectivity index (χ2n) is 7.04. The molecule has 0 atom stereocenters. The van der Waals surface area contributed by atoms with Crippen molar-refractivity contribution in [2.24, 2.45) is 0 Å². The van der Waals surface area contributed by atoms with Gasteiger partial charge in [0.1, 0.15) is 19.8 Å². The maximum atomic E-state index is 13.1. The van der Waals surface area contributed by atoms with Gasteiger partial charge >= 0.3 is 6.18 Å². The summed E-state index contributed by atoms with van der Waals surface area (Å²) in [4.78, 5) is 14.5. The molecule has 6 nitrogen and oxygen atoms in total. The normalized spacial score (nSPS) is 13.3. The SMILES string of the molecule is O=C(Cn1ccc(C(F)(F)F)n1)N(CC=Cc1ccccc1)c1ccc2c(c1)OCCO2. The van der Waals surface area contributed by atoms with E-state index in [0.29, 0.717) is 30.4 Å². The van der Waals surface area contributed by atoms with Gasteiger partial charge in [-0.1, -0.05) is 42.5 Å². The van der Waals surface area contributed by atoms with Crippen LogP contribution in [0.2, 0.25) is 0 Å². The number of hydrogen-bond donors (Lipinski definition) is 0. The Morgan fingerprint density at radius 3 is 2.53 bits per heavy atom. The number of aromatic nitrogens is 2. The predicted octanol–water partition coefficient (Wildman–Crippen LogP) is 4.42. The molecule has 0 fully saturated rings. The summed E-state index contributed by atoms with van der Waals surface area (Å²) in [5.74, 6) is 0.669. The van der Waals surface area contributed by atoms with Gasteiger partial charge in [-0.25, -0.2) is 0 Å². The number of alkyl halides is 3. The number of benzene rings is 2. The maximum absolute atomic E-state index is 13.1. The van der Waals surface area contributed by atoms with Gasteiger partial charge in [-0.3, -0.25) is 9.48 Å². The van der Waals surface area contributed by atoms with E-state index in [9.17, 15) is 18.0 Å². The molecule has 0 saturated heterocycles. The van der Waals surface area contributed by atoms with E-state index in [1.807, 2.05) is 42.5 Å². The first kappa shape index (κ1) is 21.5. The van der Waals surface area contributed by atoms with E-state index in [-0.39, 0.29) is 13.1 Å². The number of halogens is 3. The number of fused-ring (bicyclic) bond motifs is 1. The van der Waals surface area contributed by atoms with E-state index in [1.165, 1.54) is 4.90 Å². The van der Waals surface area contributed by atoms with Crippen molar-refractivity contribution in [2.45, 2.75) is 12.7 Å². The fourth-order valence-corrected chi connectivity index (χ4v) is 3.23. The van der Waals surface area contributed by atoms with Gasteiger partial charge in [0.25, 0.3) is 0 Å². The molecular formula is C23H20F3N3O3. The number of amides is 1. The molecule has 4 rings (SSSR count). The Kier molecular flexibility index (Phi) is 6.16. The highest BCUT2D eigenvalue weighted by Gasteiger charge is 2.33. The Balaban J connectivity index is 1.57. The third-order valence-electron chi connectivity index (χ3n) is 4.76. The summed E-state index contributed by atoms with van der Waals surface area (Å²) in [6, 6.07) is 15.5. The molecule has 1 aromatic heterocycles. The molecule has 1 aliphatic rings. The van der Waals surface area contributed by atoms with E-state index in [0.717, 1.165) is 22.5 Å². The zero-order chi connectivity index (χ0) is 22.6. The van der Waals surface area contributed by atoms with Gasteiger partial charge in [0.05, 0.1) is 0 Å². The average Bonchev–Trinajstić information content (AvgIpc) is 3.26. The van der Waals surface area contributed by atoms with Gasteiger partial charge in [0.2, 0.25) is 5.91 Å². The second kappa shape index (κ2) is 9.17. The van der Waals surface area contributed by atoms with Crippen LogP contribution in [0.1, 0.15) is 11.3 Å². The van der Waals surface area contributed by atoms with E-state index in [2.05, 4.69) is 5.10 Å². The van der Waals surface area contributed by atoms with Gasteiger partial charge in [-0.15, -0.1) is 0 Å². The Morgan fingerprint density at radius 2 is 1.81 bits per heavy atom. The molecule has 3 aromatic rings. The Labute approximate surface area is 182 Å². The summed E-state index contributed by atoms with van der Waals surface area (Å²) in [5.41, 5.74) is 0.462. The number of nitrogens with zero attached hydrogens (tertiary/aromatic N) is 3. The zero-order valence-corrected chi connectivity index (χ0v) is 17.0. The summed E-state index contributed by atoms with van der Waals surface area (Å²) < 4.78 is 50.6. The highest BCUT2D eigenvalue weighted by atomic mass is 19.4. The number of anilines is 1. The quantitative estimate of drug-likeness (QED) is 0.566. The number of ether oxygens (including phenoxy) is 2. The number of carbonyl (C=O) groups is 1. The highest BCUT2D eigenvalue weighted by molar-refractivity contribution is 5.94. The van der Waals surface area contributed by atoms with Crippen LogP contribution in [0.25, 0.3) is 6.08 Å². The van der Waals surface area contributed by atoms with Crippen LogP contribution in [0, 0.1) is 0 Å². The van der Waals surface area contributed by atoms with E-state index in [4.69, 9.17) is 9.47 Å². The van der Waals surface area contributed by atoms with Crippen molar-refractivity contribution >= 4 is 17.7 Å². The number of rotatable bonds is 6. The zero-order valence-electron chi connectivity index (χ0n) is 17.0. The lowest BCUT2D eigenvalue weighted by Gasteiger charge is -2.24. The molecule has 1 amide bonds. The molecule has 0 saturated carbocycles. The molecule has 0 N–H and O–H groups in total. The molecule has 0 unspecified atom stereocenters. The third-order valence-corrected chi connectivity index (χ3v) is 4.76. The topological polar surface area (TPSA) is 56.6 Å². The first-order valence-electron chi connectivity index (χ1n) is 9.92. The molecule has 166 valence electrons. The van der Waals surface area contributed by atoms with Crippen molar-refractivity contribution in [3.05, 3.63) is 78.1 Å². The molecule has 1 aliphatic heterocycles. The van der Waals surface area contributed by atoms with Crippen LogP contribution in [0.5, 0.6) is 11.5 Å². The fourth-order valence-electron chi connectivity index (χ4n) is 3.23. The molecule has 2 heterocycles. The minimum atomic E-state index is -4.57. The molecule has 0 aliphatic carbocycles. The molecule has 0 spiro atoms. The molecule has 0 bridgehead atoms. The standard InChI is InChI=1S/C23H20F3N3O3/c24-23(25,26)21-10-12-28(27-21)16-22(30)29(11-4-7-17-5-2-1-3-6-17)18-8-9-19-20(15-18)32-14-13-31-19/h1-10,12,15H,11,13-14,16H2. The van der Waals surface area contributed by atoms with Crippen LogP contribution >= 0.6 is 0 Å². The van der Waals surface area contributed by atoms with Crippen molar-refractivity contribution in [1.29, 1.82) is 0 Å². The highest BCUT2D eigenvalue weighted by Crippen LogP contribution is 2.34. The summed E-state index contributed by atoms with van der Waals surface area (Å²) in [7, 11) is 0. The lowest BCUT2D eigenvalue weighted by molar-refractivity contribution is -0.141. The number of hydrogen-bond acceptors (Lipinski definition) is 4. The lowest BCUT2D eigenvalue weighted by Crippen LogP contribution is -2.34. The van der Waals surface area contributed by atoms with Crippen LogP contribution in [-0.2, 0) is 17.5 Å². The molecule has 2 aromatic carbocycles. The summed E-state index contributed by atoms with van der Waals surface area (Å²) in [6.45, 7) is 0.700. The smallest absolute Gasteiger partial charge is 0.435 e. The Bertz CT molecular complexity index is 1110. The predicted molar refractivity (Wildman–Crippen MR) is 112 cm³/mol. The van der Waals surface area contributed by atoms with Gasteiger partial charge < -0.3 is 14.4 Å². The average molecular weight is 443 g/mol. The lowest BCUT2D eigenvalue weighted by atomic mass is 10.2. The molecule has 0 radical (unpaired) electrons. The Hall–Kier alpha value is -3.75. The van der Waals surface area contributed by atoms with Crippen molar-refractivity contribution < 1.29 is 27.4 Å². The van der Waals surface area contributed by atoms with E-state index in [1.54, 1.807) is 18.2 Å². The van der Waals surface area contributed by atoms with Crippen molar-refractivity contribution in [1.82, 2.24) is 9.78 Å². The Morgan fingerprint density at radius 1 is 1.06 bits per heavy atom. The van der Waals surface area contributed by atoms with Crippen molar-refractivity contribution in [2.75, 3.05) is 24.7 Å². The summed E-state index contributed by atoms with van der Waals surface area (Å²) in [5, 5.41) is 3.48. The van der Waals surface area contributed by atoms with Gasteiger partial charge in [-0.2, -0.15) is 18.3 Å². The van der Waals surface area contributed by atoms with E-state index >= 15 is 0 Å². The summed E-state index contributed by atoms with van der Waals surface area (Å²) in [6.07, 6.45) is 0.257. The molecular weight excluding hydrogens is 423 g/mol. The molecule has 9 heteroatoms. The van der Waals surface area contributed by atoms with Crippen LogP contribution < -0.4 is 14.4 Å². The third kappa shape index (κ3) is 5.11. The minimum absolute atomic E-state index is 0.209. The fraction of sp³-hybridized carbons (Fsp3) is 0.217. The largest absolute Gasteiger partial charge is 0.486 e. The molecule has 32 heavy (non-hydrogen) atoms. The van der Waals surface area contributed by atoms with Crippen LogP contribution in [-0.4, -0.2) is 35.4 Å². The summed E-state index contributed by atoms with van der Waals surface area (Å²) >= 11 is 0.